The fourth-order valence-corrected chi connectivity index (χ4v) is 3.24. The van der Waals surface area contributed by atoms with Crippen molar-refractivity contribution in [2.75, 3.05) is 5.75 Å². The van der Waals surface area contributed by atoms with Crippen molar-refractivity contribution in [3.8, 4) is 5.75 Å². The quantitative estimate of drug-likeness (QED) is 0.387. The lowest BCUT2D eigenvalue weighted by atomic mass is 10.3. The molecule has 0 fully saturated rings. The molecule has 2 aromatic heterocycles. The summed E-state index contributed by atoms with van der Waals surface area (Å²) in [4.78, 5) is 0. The summed E-state index contributed by atoms with van der Waals surface area (Å²) in [7, 11) is 0. The average Bonchev–Trinajstić information content (AvgIpc) is 3.22. The molecular weight excluding hydrogens is 428 g/mol. The third-order valence-electron chi connectivity index (χ3n) is 3.03. The summed E-state index contributed by atoms with van der Waals surface area (Å²) in [6.07, 6.45) is 3.16. The predicted molar refractivity (Wildman–Crippen MR) is 102 cm³/mol. The first-order valence-electron chi connectivity index (χ1n) is 7.39. The van der Waals surface area contributed by atoms with E-state index >= 15 is 0 Å². The molecule has 0 N–H and O–H groups in total. The van der Waals surface area contributed by atoms with Crippen LogP contribution in [0.2, 0.25) is 5.02 Å². The fraction of sp³-hybridized carbons (Fsp3) is 0.188. The van der Waals surface area contributed by atoms with Gasteiger partial charge in [-0.2, -0.15) is 9.78 Å². The van der Waals surface area contributed by atoms with Gasteiger partial charge in [0.2, 0.25) is 5.16 Å². The molecule has 0 spiro atoms. The molecule has 0 unspecified atom stereocenters. The Labute approximate surface area is 162 Å². The maximum atomic E-state index is 6.12. The number of hydrogen-bond acceptors (Lipinski definition) is 6. The molecule has 9 heteroatoms. The molecule has 6 nitrogen and oxygen atoms in total. The molecule has 0 saturated heterocycles. The van der Waals surface area contributed by atoms with Crippen molar-refractivity contribution in [3.63, 3.8) is 0 Å². The minimum Gasteiger partial charge on any atom is -0.484 e. The third-order valence-corrected chi connectivity index (χ3v) is 4.63. The third kappa shape index (κ3) is 4.87. The Hall–Kier alpha value is -1.77. The number of aromatic nitrogens is 3. The number of halogens is 2. The van der Waals surface area contributed by atoms with E-state index in [9.17, 15) is 0 Å². The van der Waals surface area contributed by atoms with Crippen molar-refractivity contribution >= 4 is 45.5 Å². The van der Waals surface area contributed by atoms with Gasteiger partial charge < -0.3 is 9.15 Å². The second-order valence-electron chi connectivity index (χ2n) is 4.80. The Morgan fingerprint density at radius 2 is 2.28 bits per heavy atom. The first-order valence-corrected chi connectivity index (χ1v) is 9.55. The molecule has 2 heterocycles. The van der Waals surface area contributed by atoms with Crippen LogP contribution in [0, 0.1) is 0 Å². The highest BCUT2D eigenvalue weighted by atomic mass is 79.9. The molecule has 0 aliphatic rings. The van der Waals surface area contributed by atoms with Gasteiger partial charge in [0.05, 0.1) is 11.2 Å². The average molecular weight is 442 g/mol. The number of nitrogens with zero attached hydrogens (tertiary/aromatic N) is 4. The number of benzene rings is 1. The van der Waals surface area contributed by atoms with Crippen LogP contribution < -0.4 is 4.74 Å². The summed E-state index contributed by atoms with van der Waals surface area (Å²) in [6, 6.07) is 9.11. The molecule has 3 rings (SSSR count). The zero-order valence-electron chi connectivity index (χ0n) is 13.2. The Morgan fingerprint density at radius 1 is 1.40 bits per heavy atom. The van der Waals surface area contributed by atoms with Crippen molar-refractivity contribution in [1.29, 1.82) is 0 Å². The fourth-order valence-electron chi connectivity index (χ4n) is 1.92. The molecule has 130 valence electrons. The van der Waals surface area contributed by atoms with Crippen molar-refractivity contribution in [1.82, 2.24) is 14.9 Å². The number of ether oxygens (including phenoxy) is 1. The molecule has 25 heavy (non-hydrogen) atoms. The van der Waals surface area contributed by atoms with Gasteiger partial charge in [-0.3, -0.25) is 0 Å². The van der Waals surface area contributed by atoms with E-state index in [1.54, 1.807) is 41.1 Å². The standard InChI is InChI=1S/C16H14BrClN4O2S/c1-2-25-16-21-19-10-22(16)20-8-12-4-5-13(24-12)9-23-15-6-3-11(17)7-14(15)18/h3-8,10H,2,9H2,1H3. The number of hydrogen-bond donors (Lipinski definition) is 0. The van der Waals surface area contributed by atoms with Gasteiger partial charge in [0.25, 0.3) is 0 Å². The lowest BCUT2D eigenvalue weighted by Gasteiger charge is -2.06. The van der Waals surface area contributed by atoms with Crippen LogP contribution in [-0.4, -0.2) is 26.8 Å². The van der Waals surface area contributed by atoms with Gasteiger partial charge in [-0.15, -0.1) is 10.2 Å². The number of thioether (sulfide) groups is 1. The van der Waals surface area contributed by atoms with Crippen LogP contribution >= 0.6 is 39.3 Å². The van der Waals surface area contributed by atoms with E-state index in [0.29, 0.717) is 22.3 Å². The molecule has 0 atom stereocenters. The highest BCUT2D eigenvalue weighted by Crippen LogP contribution is 2.28. The maximum Gasteiger partial charge on any atom is 0.211 e. The van der Waals surface area contributed by atoms with E-state index in [0.717, 1.165) is 15.4 Å². The Morgan fingerprint density at radius 3 is 3.08 bits per heavy atom. The second-order valence-corrected chi connectivity index (χ2v) is 7.36. The highest BCUT2D eigenvalue weighted by Gasteiger charge is 2.06. The van der Waals surface area contributed by atoms with Crippen LogP contribution in [0.4, 0.5) is 0 Å². The van der Waals surface area contributed by atoms with E-state index in [2.05, 4.69) is 31.2 Å². The smallest absolute Gasteiger partial charge is 0.211 e. The molecular formula is C16H14BrClN4O2S. The van der Waals surface area contributed by atoms with E-state index in [-0.39, 0.29) is 6.61 Å². The summed E-state index contributed by atoms with van der Waals surface area (Å²) in [5.41, 5.74) is 0. The SMILES string of the molecule is CCSc1nncn1N=Cc1ccc(COc2ccc(Br)cc2Cl)o1. The van der Waals surface area contributed by atoms with E-state index in [4.69, 9.17) is 20.8 Å². The first kappa shape index (κ1) is 18.0. The van der Waals surface area contributed by atoms with Crippen LogP contribution in [0.25, 0.3) is 0 Å². The minimum atomic E-state index is 0.277. The molecule has 3 aromatic rings. The topological polar surface area (TPSA) is 65.4 Å². The van der Waals surface area contributed by atoms with Crippen LogP contribution in [0.1, 0.15) is 18.4 Å². The number of furan rings is 1. The van der Waals surface area contributed by atoms with Gasteiger partial charge >= 0.3 is 0 Å². The van der Waals surface area contributed by atoms with E-state index < -0.39 is 0 Å². The molecule has 0 radical (unpaired) electrons. The molecule has 0 aliphatic carbocycles. The summed E-state index contributed by atoms with van der Waals surface area (Å²) in [5, 5.41) is 13.4. The first-order chi connectivity index (χ1) is 12.2. The number of rotatable bonds is 7. The Bertz CT molecular complexity index is 881. The van der Waals surface area contributed by atoms with Crippen LogP contribution in [0.15, 0.2) is 55.8 Å². The lowest BCUT2D eigenvalue weighted by Crippen LogP contribution is -1.94. The zero-order chi connectivity index (χ0) is 17.6. The lowest BCUT2D eigenvalue weighted by molar-refractivity contribution is 0.270. The van der Waals surface area contributed by atoms with Crippen molar-refractivity contribution < 1.29 is 9.15 Å². The van der Waals surface area contributed by atoms with Gasteiger partial charge in [0.15, 0.2) is 0 Å². The van der Waals surface area contributed by atoms with Crippen LogP contribution in [0.5, 0.6) is 5.75 Å². The summed E-state index contributed by atoms with van der Waals surface area (Å²) in [6.45, 7) is 2.32. The summed E-state index contributed by atoms with van der Waals surface area (Å²) < 4.78 is 13.9. The maximum absolute atomic E-state index is 6.12. The van der Waals surface area contributed by atoms with Gasteiger partial charge in [-0.1, -0.05) is 46.2 Å². The second kappa shape index (κ2) is 8.55. The van der Waals surface area contributed by atoms with Crippen molar-refractivity contribution in [2.45, 2.75) is 18.7 Å². The zero-order valence-corrected chi connectivity index (χ0v) is 16.4. The Kier molecular flexibility index (Phi) is 6.17. The minimum absolute atomic E-state index is 0.277. The summed E-state index contributed by atoms with van der Waals surface area (Å²) >= 11 is 11.0. The van der Waals surface area contributed by atoms with Gasteiger partial charge in [0, 0.05) is 4.47 Å². The normalized spacial score (nSPS) is 11.3. The molecule has 1 aromatic carbocycles. The highest BCUT2D eigenvalue weighted by molar-refractivity contribution is 9.10. The van der Waals surface area contributed by atoms with Crippen molar-refractivity contribution in [3.05, 3.63) is 57.7 Å². The molecule has 0 aliphatic heterocycles. The van der Waals surface area contributed by atoms with Gasteiger partial charge in [-0.25, -0.2) is 0 Å². The van der Waals surface area contributed by atoms with E-state index in [1.165, 1.54) is 0 Å². The van der Waals surface area contributed by atoms with Gasteiger partial charge in [0.1, 0.15) is 30.2 Å². The largest absolute Gasteiger partial charge is 0.484 e. The molecule has 0 bridgehead atoms. The molecule has 0 saturated carbocycles. The monoisotopic (exact) mass is 440 g/mol. The van der Waals surface area contributed by atoms with E-state index in [1.807, 2.05) is 25.1 Å². The Balaban J connectivity index is 1.62. The van der Waals surface area contributed by atoms with Crippen LogP contribution in [-0.2, 0) is 6.61 Å². The predicted octanol–water partition coefficient (Wildman–Crippen LogP) is 4.86. The van der Waals surface area contributed by atoms with Crippen molar-refractivity contribution in [2.24, 2.45) is 5.10 Å². The van der Waals surface area contributed by atoms with Crippen LogP contribution in [0.3, 0.4) is 0 Å². The molecule has 0 amide bonds. The summed E-state index contributed by atoms with van der Waals surface area (Å²) in [5.74, 6) is 2.78. The van der Waals surface area contributed by atoms with Gasteiger partial charge in [-0.05, 0) is 36.1 Å².